The number of nitrogens with one attached hydrogen (secondary N) is 1. The van der Waals surface area contributed by atoms with Crippen LogP contribution in [0.5, 0.6) is 0 Å². The van der Waals surface area contributed by atoms with E-state index in [2.05, 4.69) is 33.7 Å². The van der Waals surface area contributed by atoms with Crippen LogP contribution in [0.4, 0.5) is 0 Å². The number of thiazole rings is 1. The third kappa shape index (κ3) is 2.73. The summed E-state index contributed by atoms with van der Waals surface area (Å²) in [6, 6.07) is 0.164. The molecule has 0 amide bonds. The molecule has 2 rings (SSSR count). The first-order valence-corrected chi connectivity index (χ1v) is 6.87. The minimum Gasteiger partial charge on any atom is -0.334 e. The van der Waals surface area contributed by atoms with Crippen molar-refractivity contribution in [3.05, 3.63) is 34.8 Å². The molecule has 0 spiro atoms. The Morgan fingerprint density at radius 3 is 3.00 bits per heavy atom. The molecule has 0 aliphatic rings. The fourth-order valence-corrected chi connectivity index (χ4v) is 2.51. The van der Waals surface area contributed by atoms with E-state index in [-0.39, 0.29) is 6.04 Å². The summed E-state index contributed by atoms with van der Waals surface area (Å²) in [5.74, 6) is 1.07. The van der Waals surface area contributed by atoms with Crippen molar-refractivity contribution >= 4 is 11.3 Å². The molecule has 2 aromatic heterocycles. The minimum absolute atomic E-state index is 0.164. The maximum absolute atomic E-state index is 4.48. The summed E-state index contributed by atoms with van der Waals surface area (Å²) in [5, 5.41) is 3.54. The third-order valence-corrected chi connectivity index (χ3v) is 3.52. The van der Waals surface area contributed by atoms with E-state index in [0.29, 0.717) is 0 Å². The van der Waals surface area contributed by atoms with Gasteiger partial charge in [0, 0.05) is 30.0 Å². The van der Waals surface area contributed by atoms with Gasteiger partial charge in [0.05, 0.1) is 5.51 Å². The van der Waals surface area contributed by atoms with Crippen molar-refractivity contribution in [1.29, 1.82) is 0 Å². The maximum Gasteiger partial charge on any atom is 0.131 e. The summed E-state index contributed by atoms with van der Waals surface area (Å²) >= 11 is 1.67. The average molecular weight is 250 g/mol. The lowest BCUT2D eigenvalue weighted by Gasteiger charge is -2.17. The highest BCUT2D eigenvalue weighted by molar-refractivity contribution is 7.09. The molecule has 0 aliphatic heterocycles. The molecule has 0 aromatic carbocycles. The maximum atomic E-state index is 4.48. The number of aryl methyl sites for hydroxylation is 1. The van der Waals surface area contributed by atoms with Gasteiger partial charge in [0.1, 0.15) is 11.9 Å². The van der Waals surface area contributed by atoms with E-state index < -0.39 is 0 Å². The van der Waals surface area contributed by atoms with Crippen molar-refractivity contribution < 1.29 is 0 Å². The van der Waals surface area contributed by atoms with Crippen LogP contribution in [0.2, 0.25) is 0 Å². The van der Waals surface area contributed by atoms with Crippen molar-refractivity contribution in [2.45, 2.75) is 32.9 Å². The monoisotopic (exact) mass is 250 g/mol. The normalized spacial score (nSPS) is 12.8. The molecule has 0 fully saturated rings. The largest absolute Gasteiger partial charge is 0.334 e. The summed E-state index contributed by atoms with van der Waals surface area (Å²) in [7, 11) is 0. The van der Waals surface area contributed by atoms with Crippen LogP contribution in [0, 0.1) is 0 Å². The van der Waals surface area contributed by atoms with Crippen molar-refractivity contribution in [2.24, 2.45) is 0 Å². The van der Waals surface area contributed by atoms with Gasteiger partial charge in [-0.25, -0.2) is 4.98 Å². The second kappa shape index (κ2) is 5.93. The number of hydrogen-bond donors (Lipinski definition) is 1. The standard InChI is InChI=1S/C12H18N4S/c1-3-5-14-11(10-8-13-9-17-10)12-15-6-7-16(12)4-2/h6-9,11,14H,3-5H2,1-2H3. The highest BCUT2D eigenvalue weighted by atomic mass is 32.1. The fraction of sp³-hybridized carbons (Fsp3) is 0.500. The van der Waals surface area contributed by atoms with E-state index in [9.17, 15) is 0 Å². The summed E-state index contributed by atoms with van der Waals surface area (Å²) in [6.45, 7) is 6.23. The van der Waals surface area contributed by atoms with Crippen LogP contribution in [0.25, 0.3) is 0 Å². The van der Waals surface area contributed by atoms with Crippen LogP contribution < -0.4 is 5.32 Å². The molecule has 0 saturated heterocycles. The van der Waals surface area contributed by atoms with Crippen molar-refractivity contribution in [3.8, 4) is 0 Å². The van der Waals surface area contributed by atoms with Crippen LogP contribution in [-0.4, -0.2) is 21.1 Å². The van der Waals surface area contributed by atoms with Crippen LogP contribution >= 0.6 is 11.3 Å². The Labute approximate surface area is 106 Å². The van der Waals surface area contributed by atoms with Crippen LogP contribution in [0.15, 0.2) is 24.1 Å². The highest BCUT2D eigenvalue weighted by Crippen LogP contribution is 2.23. The topological polar surface area (TPSA) is 42.7 Å². The first kappa shape index (κ1) is 12.3. The number of aromatic nitrogens is 3. The lowest BCUT2D eigenvalue weighted by Crippen LogP contribution is -2.25. The Morgan fingerprint density at radius 2 is 2.35 bits per heavy atom. The molecular weight excluding hydrogens is 232 g/mol. The number of imidazole rings is 1. The quantitative estimate of drug-likeness (QED) is 0.856. The number of rotatable bonds is 6. The Hall–Kier alpha value is -1.20. The minimum atomic E-state index is 0.164. The molecule has 0 bridgehead atoms. The molecule has 1 N–H and O–H groups in total. The smallest absolute Gasteiger partial charge is 0.131 e. The fourth-order valence-electron chi connectivity index (χ4n) is 1.82. The molecular formula is C12H18N4S. The first-order valence-electron chi connectivity index (χ1n) is 5.99. The third-order valence-electron chi connectivity index (χ3n) is 2.68. The van der Waals surface area contributed by atoms with Crippen LogP contribution in [0.3, 0.4) is 0 Å². The second-order valence-corrected chi connectivity index (χ2v) is 4.78. The van der Waals surface area contributed by atoms with Gasteiger partial charge in [0.15, 0.2) is 0 Å². The summed E-state index contributed by atoms with van der Waals surface area (Å²) in [6.07, 6.45) is 6.92. The molecule has 17 heavy (non-hydrogen) atoms. The molecule has 0 saturated carbocycles. The Kier molecular flexibility index (Phi) is 4.28. The van der Waals surface area contributed by atoms with E-state index in [1.165, 1.54) is 4.88 Å². The Balaban J connectivity index is 2.27. The lowest BCUT2D eigenvalue weighted by molar-refractivity contribution is 0.547. The first-order chi connectivity index (χ1) is 8.36. The molecule has 0 aliphatic carbocycles. The molecule has 5 heteroatoms. The van der Waals surface area contributed by atoms with E-state index in [1.54, 1.807) is 11.3 Å². The van der Waals surface area contributed by atoms with Gasteiger partial charge in [-0.1, -0.05) is 6.92 Å². The van der Waals surface area contributed by atoms with Crippen LogP contribution in [0.1, 0.15) is 37.0 Å². The predicted octanol–water partition coefficient (Wildman–Crippen LogP) is 2.45. The molecule has 2 heterocycles. The Bertz CT molecular complexity index is 435. The zero-order valence-electron chi connectivity index (χ0n) is 10.3. The van der Waals surface area contributed by atoms with Crippen molar-refractivity contribution in [2.75, 3.05) is 6.54 Å². The number of hydrogen-bond acceptors (Lipinski definition) is 4. The predicted molar refractivity (Wildman–Crippen MR) is 70.2 cm³/mol. The highest BCUT2D eigenvalue weighted by Gasteiger charge is 2.19. The lowest BCUT2D eigenvalue weighted by atomic mass is 10.2. The zero-order valence-corrected chi connectivity index (χ0v) is 11.1. The molecule has 4 nitrogen and oxygen atoms in total. The van der Waals surface area contributed by atoms with Crippen molar-refractivity contribution in [3.63, 3.8) is 0 Å². The van der Waals surface area contributed by atoms with E-state index in [1.807, 2.05) is 24.1 Å². The average Bonchev–Trinajstić information content (AvgIpc) is 3.00. The molecule has 0 radical (unpaired) electrons. The van der Waals surface area contributed by atoms with E-state index >= 15 is 0 Å². The zero-order chi connectivity index (χ0) is 12.1. The van der Waals surface area contributed by atoms with Crippen LogP contribution in [-0.2, 0) is 6.54 Å². The van der Waals surface area contributed by atoms with Gasteiger partial charge in [0.25, 0.3) is 0 Å². The number of nitrogens with zero attached hydrogens (tertiary/aromatic N) is 3. The van der Waals surface area contributed by atoms with E-state index in [4.69, 9.17) is 0 Å². The summed E-state index contributed by atoms with van der Waals surface area (Å²) in [4.78, 5) is 9.86. The van der Waals surface area contributed by atoms with Gasteiger partial charge in [-0.2, -0.15) is 0 Å². The van der Waals surface area contributed by atoms with Gasteiger partial charge in [-0.05, 0) is 19.9 Å². The molecule has 1 atom stereocenters. The van der Waals surface area contributed by atoms with Gasteiger partial charge in [-0.15, -0.1) is 11.3 Å². The van der Waals surface area contributed by atoms with Gasteiger partial charge in [-0.3, -0.25) is 4.98 Å². The van der Waals surface area contributed by atoms with Gasteiger partial charge < -0.3 is 9.88 Å². The molecule has 92 valence electrons. The SMILES string of the molecule is CCCNC(c1cncs1)c1nccn1CC. The Morgan fingerprint density at radius 1 is 1.47 bits per heavy atom. The second-order valence-electron chi connectivity index (χ2n) is 3.86. The summed E-state index contributed by atoms with van der Waals surface area (Å²) in [5.41, 5.74) is 1.87. The summed E-state index contributed by atoms with van der Waals surface area (Å²) < 4.78 is 2.17. The molecule has 1 unspecified atom stereocenters. The van der Waals surface area contributed by atoms with E-state index in [0.717, 1.165) is 25.3 Å². The van der Waals surface area contributed by atoms with Gasteiger partial charge >= 0.3 is 0 Å². The molecule has 2 aromatic rings. The van der Waals surface area contributed by atoms with Gasteiger partial charge in [0.2, 0.25) is 0 Å². The van der Waals surface area contributed by atoms with Crippen molar-refractivity contribution in [1.82, 2.24) is 19.9 Å².